The van der Waals surface area contributed by atoms with Crippen LogP contribution in [-0.4, -0.2) is 15.2 Å². The monoisotopic (exact) mass is 218 g/mol. The van der Waals surface area contributed by atoms with E-state index in [9.17, 15) is 5.11 Å². The molecule has 16 heavy (non-hydrogen) atoms. The fourth-order valence-electron chi connectivity index (χ4n) is 1.55. The average molecular weight is 218 g/mol. The molecule has 0 saturated heterocycles. The first-order valence-corrected chi connectivity index (χ1v) is 5.32. The summed E-state index contributed by atoms with van der Waals surface area (Å²) in [6.45, 7) is 3.69. The lowest BCUT2D eigenvalue weighted by molar-refractivity contribution is 0.184. The third-order valence-electron chi connectivity index (χ3n) is 2.44. The predicted octanol–water partition coefficient (Wildman–Crippen LogP) is 2.35. The van der Waals surface area contributed by atoms with E-state index >= 15 is 0 Å². The SMILES string of the molecule is CCc1ccccc1-c1nc(C(C)O)no1. The average Bonchev–Trinajstić information content (AvgIpc) is 2.78. The van der Waals surface area contributed by atoms with Crippen LogP contribution in [0.4, 0.5) is 0 Å². The lowest BCUT2D eigenvalue weighted by Gasteiger charge is -2.01. The summed E-state index contributed by atoms with van der Waals surface area (Å²) in [5.74, 6) is 0.786. The molecule has 0 radical (unpaired) electrons. The summed E-state index contributed by atoms with van der Waals surface area (Å²) in [6.07, 6.45) is 0.203. The fourth-order valence-corrected chi connectivity index (χ4v) is 1.55. The standard InChI is InChI=1S/C12H14N2O2/c1-3-9-6-4-5-7-10(9)12-13-11(8(2)15)14-16-12/h4-8,15H,3H2,1-2H3. The quantitative estimate of drug-likeness (QED) is 0.859. The maximum Gasteiger partial charge on any atom is 0.258 e. The van der Waals surface area contributed by atoms with E-state index in [2.05, 4.69) is 17.1 Å². The van der Waals surface area contributed by atoms with Crippen LogP contribution < -0.4 is 0 Å². The van der Waals surface area contributed by atoms with Gasteiger partial charge in [-0.2, -0.15) is 4.98 Å². The molecule has 84 valence electrons. The summed E-state index contributed by atoms with van der Waals surface area (Å²) < 4.78 is 5.13. The topological polar surface area (TPSA) is 59.2 Å². The van der Waals surface area contributed by atoms with E-state index in [-0.39, 0.29) is 0 Å². The van der Waals surface area contributed by atoms with Gasteiger partial charge in [0.15, 0.2) is 5.82 Å². The summed E-state index contributed by atoms with van der Waals surface area (Å²) in [4.78, 5) is 4.16. The molecule has 0 spiro atoms. The molecule has 0 fully saturated rings. The van der Waals surface area contributed by atoms with Crippen LogP contribution in [0.3, 0.4) is 0 Å². The maximum absolute atomic E-state index is 9.33. The predicted molar refractivity (Wildman–Crippen MR) is 59.7 cm³/mol. The second-order valence-electron chi connectivity index (χ2n) is 3.64. The normalized spacial score (nSPS) is 12.7. The molecule has 4 heteroatoms. The van der Waals surface area contributed by atoms with Gasteiger partial charge in [0.1, 0.15) is 6.10 Å². The van der Waals surface area contributed by atoms with Crippen molar-refractivity contribution in [3.8, 4) is 11.5 Å². The molecule has 1 unspecified atom stereocenters. The lowest BCUT2D eigenvalue weighted by Crippen LogP contribution is -1.93. The number of hydrogen-bond donors (Lipinski definition) is 1. The molecule has 1 atom stereocenters. The van der Waals surface area contributed by atoms with Gasteiger partial charge in [0.2, 0.25) is 0 Å². The third kappa shape index (κ3) is 1.97. The highest BCUT2D eigenvalue weighted by Crippen LogP contribution is 2.23. The Balaban J connectivity index is 2.42. The molecule has 0 bridgehead atoms. The molecule has 1 heterocycles. The van der Waals surface area contributed by atoms with Crippen molar-refractivity contribution in [2.24, 2.45) is 0 Å². The Kier molecular flexibility index (Phi) is 3.01. The van der Waals surface area contributed by atoms with Crippen LogP contribution in [0.5, 0.6) is 0 Å². The van der Waals surface area contributed by atoms with Crippen molar-refractivity contribution in [1.29, 1.82) is 0 Å². The van der Waals surface area contributed by atoms with Gasteiger partial charge in [-0.3, -0.25) is 0 Å². The van der Waals surface area contributed by atoms with Crippen molar-refractivity contribution in [3.05, 3.63) is 35.7 Å². The van der Waals surface area contributed by atoms with Crippen LogP contribution in [-0.2, 0) is 6.42 Å². The molecule has 2 aromatic rings. The van der Waals surface area contributed by atoms with Gasteiger partial charge < -0.3 is 9.63 Å². The second-order valence-corrected chi connectivity index (χ2v) is 3.64. The minimum Gasteiger partial charge on any atom is -0.385 e. The van der Waals surface area contributed by atoms with Crippen molar-refractivity contribution in [3.63, 3.8) is 0 Å². The maximum atomic E-state index is 9.33. The van der Waals surface area contributed by atoms with Gasteiger partial charge in [0.25, 0.3) is 5.89 Å². The summed E-state index contributed by atoms with van der Waals surface area (Å²) in [5, 5.41) is 13.1. The Morgan fingerprint density at radius 3 is 2.75 bits per heavy atom. The molecule has 1 aromatic carbocycles. The molecular weight excluding hydrogens is 204 g/mol. The first-order valence-electron chi connectivity index (χ1n) is 5.32. The van der Waals surface area contributed by atoms with Gasteiger partial charge >= 0.3 is 0 Å². The zero-order valence-electron chi connectivity index (χ0n) is 9.34. The van der Waals surface area contributed by atoms with Gasteiger partial charge in [-0.1, -0.05) is 30.3 Å². The van der Waals surface area contributed by atoms with E-state index in [1.165, 1.54) is 0 Å². The third-order valence-corrected chi connectivity index (χ3v) is 2.44. The van der Waals surface area contributed by atoms with Gasteiger partial charge in [-0.15, -0.1) is 0 Å². The Morgan fingerprint density at radius 1 is 1.38 bits per heavy atom. The fraction of sp³-hybridized carbons (Fsp3) is 0.333. The molecule has 0 aliphatic heterocycles. The minimum atomic E-state index is -0.703. The van der Waals surface area contributed by atoms with E-state index in [4.69, 9.17) is 4.52 Å². The molecule has 1 N–H and O–H groups in total. The molecule has 0 aliphatic rings. The molecule has 4 nitrogen and oxygen atoms in total. The Labute approximate surface area is 93.9 Å². The van der Waals surface area contributed by atoms with E-state index in [1.54, 1.807) is 6.92 Å². The first-order chi connectivity index (χ1) is 7.72. The van der Waals surface area contributed by atoms with Crippen LogP contribution in [0.1, 0.15) is 31.3 Å². The van der Waals surface area contributed by atoms with E-state index < -0.39 is 6.10 Å². The van der Waals surface area contributed by atoms with Gasteiger partial charge in [0.05, 0.1) is 0 Å². The van der Waals surface area contributed by atoms with Crippen LogP contribution in [0.2, 0.25) is 0 Å². The number of benzene rings is 1. The van der Waals surface area contributed by atoms with E-state index in [0.29, 0.717) is 11.7 Å². The Morgan fingerprint density at radius 2 is 2.12 bits per heavy atom. The zero-order chi connectivity index (χ0) is 11.5. The first kappa shape index (κ1) is 10.8. The van der Waals surface area contributed by atoms with Gasteiger partial charge in [0, 0.05) is 5.56 Å². The number of aliphatic hydroxyl groups is 1. The van der Waals surface area contributed by atoms with Crippen molar-refractivity contribution in [2.75, 3.05) is 0 Å². The number of aliphatic hydroxyl groups excluding tert-OH is 1. The number of rotatable bonds is 3. The largest absolute Gasteiger partial charge is 0.385 e. The summed E-state index contributed by atoms with van der Waals surface area (Å²) >= 11 is 0. The zero-order valence-corrected chi connectivity index (χ0v) is 9.34. The van der Waals surface area contributed by atoms with Crippen LogP contribution in [0, 0.1) is 0 Å². The molecule has 0 amide bonds. The second kappa shape index (κ2) is 4.45. The summed E-state index contributed by atoms with van der Waals surface area (Å²) in [6, 6.07) is 7.88. The molecule has 0 saturated carbocycles. The number of hydrogen-bond acceptors (Lipinski definition) is 4. The van der Waals surface area contributed by atoms with Crippen LogP contribution in [0.25, 0.3) is 11.5 Å². The summed E-state index contributed by atoms with van der Waals surface area (Å²) in [7, 11) is 0. The lowest BCUT2D eigenvalue weighted by atomic mass is 10.1. The van der Waals surface area contributed by atoms with E-state index in [1.807, 2.05) is 24.3 Å². The molecular formula is C12H14N2O2. The number of aromatic nitrogens is 2. The Hall–Kier alpha value is -1.68. The highest BCUT2D eigenvalue weighted by molar-refractivity contribution is 5.58. The molecule has 1 aromatic heterocycles. The van der Waals surface area contributed by atoms with Crippen molar-refractivity contribution < 1.29 is 9.63 Å². The van der Waals surface area contributed by atoms with E-state index in [0.717, 1.165) is 17.5 Å². The highest BCUT2D eigenvalue weighted by Gasteiger charge is 2.14. The minimum absolute atomic E-state index is 0.320. The van der Waals surface area contributed by atoms with Gasteiger partial charge in [-0.25, -0.2) is 0 Å². The molecule has 2 rings (SSSR count). The Bertz CT molecular complexity index is 477. The number of nitrogens with zero attached hydrogens (tertiary/aromatic N) is 2. The smallest absolute Gasteiger partial charge is 0.258 e. The van der Waals surface area contributed by atoms with Crippen molar-refractivity contribution >= 4 is 0 Å². The highest BCUT2D eigenvalue weighted by atomic mass is 16.5. The molecule has 0 aliphatic carbocycles. The van der Waals surface area contributed by atoms with Crippen LogP contribution >= 0.6 is 0 Å². The summed E-state index contributed by atoms with van der Waals surface area (Å²) in [5.41, 5.74) is 2.09. The number of aryl methyl sites for hydroxylation is 1. The van der Waals surface area contributed by atoms with Crippen molar-refractivity contribution in [2.45, 2.75) is 26.4 Å². The van der Waals surface area contributed by atoms with Crippen LogP contribution in [0.15, 0.2) is 28.8 Å². The van der Waals surface area contributed by atoms with Gasteiger partial charge in [-0.05, 0) is 25.0 Å². The van der Waals surface area contributed by atoms with Crippen molar-refractivity contribution in [1.82, 2.24) is 10.1 Å².